The summed E-state index contributed by atoms with van der Waals surface area (Å²) < 4.78 is 5.32. The summed E-state index contributed by atoms with van der Waals surface area (Å²) in [6.45, 7) is 5.90. The summed E-state index contributed by atoms with van der Waals surface area (Å²) in [5.41, 5.74) is -0.293. The minimum absolute atomic E-state index is 0.0837. The first-order valence-electron chi connectivity index (χ1n) is 6.80. The number of carbonyl (C=O) groups is 2. The molecular weight excluding hydrogens is 260 g/mol. The zero-order valence-corrected chi connectivity index (χ0v) is 13.1. The van der Waals surface area contributed by atoms with Crippen LogP contribution in [0.5, 0.6) is 0 Å². The highest BCUT2D eigenvalue weighted by molar-refractivity contribution is 8.12. The number of thioether (sulfide) groups is 1. The second kappa shape index (κ2) is 7.13. The minimum atomic E-state index is -0.293. The van der Waals surface area contributed by atoms with Gasteiger partial charge in [0.15, 0.2) is 0 Å². The Bertz CT molecular complexity index is 355. The van der Waals surface area contributed by atoms with Crippen molar-refractivity contribution in [1.29, 1.82) is 0 Å². The molecule has 2 unspecified atom stereocenters. The zero-order chi connectivity index (χ0) is 14.5. The van der Waals surface area contributed by atoms with Crippen molar-refractivity contribution in [3.05, 3.63) is 12.2 Å². The van der Waals surface area contributed by atoms with Gasteiger partial charge in [-0.3, -0.25) is 4.79 Å². The monoisotopic (exact) mass is 284 g/mol. The lowest BCUT2D eigenvalue weighted by Gasteiger charge is -2.26. The van der Waals surface area contributed by atoms with Crippen LogP contribution < -0.4 is 0 Å². The fourth-order valence-electron chi connectivity index (χ4n) is 2.30. The van der Waals surface area contributed by atoms with E-state index in [2.05, 4.69) is 0 Å². The molecule has 0 spiro atoms. The van der Waals surface area contributed by atoms with Crippen molar-refractivity contribution in [1.82, 2.24) is 0 Å². The van der Waals surface area contributed by atoms with Crippen LogP contribution in [0.15, 0.2) is 12.2 Å². The van der Waals surface area contributed by atoms with Gasteiger partial charge in [-0.05, 0) is 49.8 Å². The third-order valence-corrected chi connectivity index (χ3v) is 3.79. The number of ketones is 1. The molecule has 0 fully saturated rings. The van der Waals surface area contributed by atoms with E-state index in [4.69, 9.17) is 4.74 Å². The Morgan fingerprint density at radius 3 is 2.47 bits per heavy atom. The average Bonchev–Trinajstić information content (AvgIpc) is 2.31. The Kier molecular flexibility index (Phi) is 6.11. The van der Waals surface area contributed by atoms with E-state index in [0.29, 0.717) is 5.78 Å². The molecule has 2 atom stereocenters. The van der Waals surface area contributed by atoms with Gasteiger partial charge in [0.1, 0.15) is 11.9 Å². The number of Topliss-reactive ketones (excluding diaryl/α,β-unsaturated/α-hetero) is 1. The van der Waals surface area contributed by atoms with Gasteiger partial charge in [-0.25, -0.2) is 4.79 Å². The van der Waals surface area contributed by atoms with E-state index >= 15 is 0 Å². The Labute approximate surface area is 120 Å². The van der Waals surface area contributed by atoms with Gasteiger partial charge in [0.05, 0.1) is 0 Å². The second-order valence-corrected chi connectivity index (χ2v) is 6.75. The van der Waals surface area contributed by atoms with Crippen LogP contribution in [-0.2, 0) is 9.53 Å². The SMILES string of the molecule is CSC(=O)OC1/C=C/CCC(C(=O)C(C)(C)C)CC1. The van der Waals surface area contributed by atoms with E-state index in [-0.39, 0.29) is 22.7 Å². The molecule has 0 aromatic carbocycles. The molecular formula is C15H24O3S. The maximum absolute atomic E-state index is 12.3. The highest BCUT2D eigenvalue weighted by atomic mass is 32.2. The summed E-state index contributed by atoms with van der Waals surface area (Å²) in [7, 11) is 0. The van der Waals surface area contributed by atoms with Gasteiger partial charge in [-0.15, -0.1) is 0 Å². The summed E-state index contributed by atoms with van der Waals surface area (Å²) in [6, 6.07) is 0. The molecule has 1 aliphatic carbocycles. The Morgan fingerprint density at radius 2 is 1.89 bits per heavy atom. The summed E-state index contributed by atoms with van der Waals surface area (Å²) in [4.78, 5) is 23.6. The Morgan fingerprint density at radius 1 is 1.21 bits per heavy atom. The highest BCUT2D eigenvalue weighted by Crippen LogP contribution is 2.29. The van der Waals surface area contributed by atoms with E-state index in [9.17, 15) is 9.59 Å². The van der Waals surface area contributed by atoms with Crippen LogP contribution >= 0.6 is 11.8 Å². The molecule has 1 rings (SSSR count). The third-order valence-electron chi connectivity index (χ3n) is 3.36. The van der Waals surface area contributed by atoms with E-state index in [1.54, 1.807) is 6.26 Å². The van der Waals surface area contributed by atoms with Crippen LogP contribution in [0.2, 0.25) is 0 Å². The van der Waals surface area contributed by atoms with Crippen molar-refractivity contribution in [3.8, 4) is 0 Å². The van der Waals surface area contributed by atoms with Crippen molar-refractivity contribution in [2.24, 2.45) is 11.3 Å². The van der Waals surface area contributed by atoms with Crippen LogP contribution in [0, 0.1) is 11.3 Å². The molecule has 1 aliphatic rings. The number of allylic oxidation sites excluding steroid dienone is 1. The van der Waals surface area contributed by atoms with Crippen molar-refractivity contribution in [2.45, 2.75) is 52.6 Å². The van der Waals surface area contributed by atoms with Gasteiger partial charge < -0.3 is 4.74 Å². The first-order chi connectivity index (χ1) is 8.84. The third kappa shape index (κ3) is 5.39. The average molecular weight is 284 g/mol. The van der Waals surface area contributed by atoms with Crippen molar-refractivity contribution < 1.29 is 14.3 Å². The lowest BCUT2D eigenvalue weighted by molar-refractivity contribution is -0.131. The molecule has 0 saturated carbocycles. The molecule has 0 aromatic heterocycles. The summed E-state index contributed by atoms with van der Waals surface area (Å²) in [6.07, 6.45) is 8.81. The lowest BCUT2D eigenvalue weighted by Crippen LogP contribution is -2.30. The second-order valence-electron chi connectivity index (χ2n) is 6.00. The Hall–Kier alpha value is -0.770. The number of carbonyl (C=O) groups excluding carboxylic acids is 2. The number of rotatable bonds is 2. The summed E-state index contributed by atoms with van der Waals surface area (Å²) >= 11 is 1.08. The molecule has 19 heavy (non-hydrogen) atoms. The molecule has 4 heteroatoms. The quantitative estimate of drug-likeness (QED) is 0.562. The molecule has 108 valence electrons. The van der Waals surface area contributed by atoms with Crippen LogP contribution in [0.4, 0.5) is 4.79 Å². The van der Waals surface area contributed by atoms with E-state index < -0.39 is 0 Å². The number of ether oxygens (including phenoxy) is 1. The van der Waals surface area contributed by atoms with Crippen LogP contribution in [0.25, 0.3) is 0 Å². The Balaban J connectivity index is 2.62. The first kappa shape index (κ1) is 16.3. The van der Waals surface area contributed by atoms with Crippen molar-refractivity contribution in [3.63, 3.8) is 0 Å². The summed E-state index contributed by atoms with van der Waals surface area (Å²) in [5.74, 6) is 0.401. The maximum Gasteiger partial charge on any atom is 0.367 e. The molecule has 0 aromatic rings. The maximum atomic E-state index is 12.3. The van der Waals surface area contributed by atoms with Crippen LogP contribution in [0.3, 0.4) is 0 Å². The van der Waals surface area contributed by atoms with Crippen molar-refractivity contribution in [2.75, 3.05) is 6.26 Å². The highest BCUT2D eigenvalue weighted by Gasteiger charge is 2.30. The topological polar surface area (TPSA) is 43.4 Å². The van der Waals surface area contributed by atoms with Gasteiger partial charge in [0.2, 0.25) is 0 Å². The van der Waals surface area contributed by atoms with Gasteiger partial charge in [-0.1, -0.05) is 26.8 Å². The van der Waals surface area contributed by atoms with Crippen LogP contribution in [0.1, 0.15) is 46.5 Å². The van der Waals surface area contributed by atoms with E-state index in [0.717, 1.165) is 37.4 Å². The van der Waals surface area contributed by atoms with Gasteiger partial charge in [0.25, 0.3) is 0 Å². The largest absolute Gasteiger partial charge is 0.450 e. The molecule has 0 amide bonds. The number of hydrogen-bond donors (Lipinski definition) is 0. The van der Waals surface area contributed by atoms with Gasteiger partial charge in [-0.2, -0.15) is 0 Å². The smallest absolute Gasteiger partial charge is 0.367 e. The van der Waals surface area contributed by atoms with Gasteiger partial charge in [0, 0.05) is 11.3 Å². The van der Waals surface area contributed by atoms with Crippen LogP contribution in [-0.4, -0.2) is 23.4 Å². The van der Waals surface area contributed by atoms with E-state index in [1.165, 1.54) is 0 Å². The fraction of sp³-hybridized carbons (Fsp3) is 0.733. The zero-order valence-electron chi connectivity index (χ0n) is 12.3. The summed E-state index contributed by atoms with van der Waals surface area (Å²) in [5, 5.41) is -0.256. The van der Waals surface area contributed by atoms with E-state index in [1.807, 2.05) is 32.9 Å². The first-order valence-corrected chi connectivity index (χ1v) is 8.02. The minimum Gasteiger partial charge on any atom is -0.450 e. The predicted molar refractivity (Wildman–Crippen MR) is 79.3 cm³/mol. The standard InChI is InChI=1S/C15H24O3S/c1-15(2,3)13(16)11-7-5-6-8-12(10-9-11)18-14(17)19-4/h6,8,11-12H,5,7,9-10H2,1-4H3/b8-6+. The molecule has 3 nitrogen and oxygen atoms in total. The number of hydrogen-bond acceptors (Lipinski definition) is 4. The molecule has 0 saturated heterocycles. The molecule has 0 N–H and O–H groups in total. The van der Waals surface area contributed by atoms with Gasteiger partial charge >= 0.3 is 5.30 Å². The molecule has 0 radical (unpaired) electrons. The predicted octanol–water partition coefficient (Wildman–Crippen LogP) is 4.22. The molecule has 0 heterocycles. The molecule has 0 bridgehead atoms. The fourth-order valence-corrected chi connectivity index (χ4v) is 2.52. The normalized spacial score (nSPS) is 26.1. The van der Waals surface area contributed by atoms with Crippen molar-refractivity contribution >= 4 is 22.8 Å². The molecule has 0 aliphatic heterocycles. The lowest BCUT2D eigenvalue weighted by atomic mass is 9.78.